The van der Waals surface area contributed by atoms with E-state index in [0.29, 0.717) is 12.2 Å². The number of amides is 1. The zero-order valence-corrected chi connectivity index (χ0v) is 12.9. The second kappa shape index (κ2) is 6.31. The molecule has 3 heterocycles. The highest BCUT2D eigenvalue weighted by Gasteiger charge is 2.29. The number of carbonyl (C=O) groups excluding carboxylic acids is 1. The monoisotopic (exact) mass is 303 g/mol. The van der Waals surface area contributed by atoms with E-state index in [1.165, 1.54) is 0 Å². The largest absolute Gasteiger partial charge is 0.372 e. The molecule has 7 nitrogen and oxygen atoms in total. The van der Waals surface area contributed by atoms with Gasteiger partial charge >= 0.3 is 0 Å². The topological polar surface area (TPSA) is 84.8 Å². The average molecular weight is 303 g/mol. The molecule has 118 valence electrons. The van der Waals surface area contributed by atoms with Gasteiger partial charge in [-0.15, -0.1) is 0 Å². The SMILES string of the molecule is Cc1cn(C)nc1C(=O)NC[C@@H]1CCCO[C@H]1c1ccn[nH]1. The van der Waals surface area contributed by atoms with Crippen molar-refractivity contribution in [2.24, 2.45) is 13.0 Å². The summed E-state index contributed by atoms with van der Waals surface area (Å²) in [5, 5.41) is 14.1. The van der Waals surface area contributed by atoms with Gasteiger partial charge in [-0.1, -0.05) is 0 Å². The maximum absolute atomic E-state index is 12.3. The van der Waals surface area contributed by atoms with Gasteiger partial charge in [-0.05, 0) is 25.8 Å². The van der Waals surface area contributed by atoms with Gasteiger partial charge in [-0.25, -0.2) is 0 Å². The second-order valence-corrected chi connectivity index (χ2v) is 5.75. The highest BCUT2D eigenvalue weighted by molar-refractivity contribution is 5.93. The van der Waals surface area contributed by atoms with Gasteiger partial charge in [0.25, 0.3) is 5.91 Å². The Hall–Kier alpha value is -2.15. The molecule has 2 aromatic heterocycles. The van der Waals surface area contributed by atoms with E-state index in [1.54, 1.807) is 10.9 Å². The molecule has 22 heavy (non-hydrogen) atoms. The first kappa shape index (κ1) is 14.8. The molecular formula is C15H21N5O2. The number of aromatic nitrogens is 4. The molecule has 0 aromatic carbocycles. The molecular weight excluding hydrogens is 282 g/mol. The van der Waals surface area contributed by atoms with E-state index in [0.717, 1.165) is 30.7 Å². The van der Waals surface area contributed by atoms with Crippen LogP contribution in [-0.4, -0.2) is 39.0 Å². The molecule has 1 aliphatic rings. The Balaban J connectivity index is 1.64. The molecule has 0 spiro atoms. The van der Waals surface area contributed by atoms with E-state index in [9.17, 15) is 4.79 Å². The molecule has 0 aliphatic carbocycles. The molecule has 1 saturated heterocycles. The highest BCUT2D eigenvalue weighted by Crippen LogP contribution is 2.32. The summed E-state index contributed by atoms with van der Waals surface area (Å²) >= 11 is 0. The van der Waals surface area contributed by atoms with Crippen molar-refractivity contribution in [2.45, 2.75) is 25.9 Å². The van der Waals surface area contributed by atoms with E-state index >= 15 is 0 Å². The third kappa shape index (κ3) is 3.04. The summed E-state index contributed by atoms with van der Waals surface area (Å²) in [7, 11) is 1.81. The molecule has 2 N–H and O–H groups in total. The summed E-state index contributed by atoms with van der Waals surface area (Å²) in [5.41, 5.74) is 2.33. The van der Waals surface area contributed by atoms with Crippen LogP contribution in [-0.2, 0) is 11.8 Å². The molecule has 2 atom stereocenters. The molecule has 7 heteroatoms. The van der Waals surface area contributed by atoms with Crippen molar-refractivity contribution in [1.82, 2.24) is 25.3 Å². The van der Waals surface area contributed by atoms with Crippen molar-refractivity contribution >= 4 is 5.91 Å². The lowest BCUT2D eigenvalue weighted by molar-refractivity contribution is -0.0297. The Morgan fingerprint density at radius 3 is 3.14 bits per heavy atom. The third-order valence-corrected chi connectivity index (χ3v) is 4.03. The molecule has 2 aromatic rings. The minimum Gasteiger partial charge on any atom is -0.372 e. The first-order chi connectivity index (χ1) is 10.6. The van der Waals surface area contributed by atoms with Crippen LogP contribution < -0.4 is 5.32 Å². The van der Waals surface area contributed by atoms with Gasteiger partial charge in [-0.3, -0.25) is 14.6 Å². The Labute approximate surface area is 129 Å². The number of carbonyl (C=O) groups is 1. The molecule has 0 unspecified atom stereocenters. The van der Waals surface area contributed by atoms with Crippen molar-refractivity contribution in [3.8, 4) is 0 Å². The predicted octanol–water partition coefficient (Wildman–Crippen LogP) is 1.35. The Bertz CT molecular complexity index is 634. The first-order valence-electron chi connectivity index (χ1n) is 7.54. The van der Waals surface area contributed by atoms with E-state index in [4.69, 9.17) is 4.74 Å². The fourth-order valence-electron chi connectivity index (χ4n) is 2.96. The normalized spacial score (nSPS) is 21.7. The number of nitrogens with one attached hydrogen (secondary N) is 2. The van der Waals surface area contributed by atoms with Crippen LogP contribution in [0.4, 0.5) is 0 Å². The van der Waals surface area contributed by atoms with Gasteiger partial charge in [0.05, 0.1) is 5.69 Å². The van der Waals surface area contributed by atoms with Crippen molar-refractivity contribution in [2.75, 3.05) is 13.2 Å². The first-order valence-corrected chi connectivity index (χ1v) is 7.54. The van der Waals surface area contributed by atoms with Gasteiger partial charge in [0.15, 0.2) is 5.69 Å². The van der Waals surface area contributed by atoms with Gasteiger partial charge < -0.3 is 10.1 Å². The number of aryl methyl sites for hydroxylation is 2. The van der Waals surface area contributed by atoms with E-state index in [-0.39, 0.29) is 17.9 Å². The minimum absolute atomic E-state index is 0.0404. The minimum atomic E-state index is -0.132. The van der Waals surface area contributed by atoms with E-state index in [1.807, 2.05) is 26.2 Å². The van der Waals surface area contributed by atoms with Crippen molar-refractivity contribution in [3.63, 3.8) is 0 Å². The Morgan fingerprint density at radius 2 is 2.45 bits per heavy atom. The quantitative estimate of drug-likeness (QED) is 0.893. The van der Waals surface area contributed by atoms with Crippen LogP contribution in [0.1, 0.15) is 40.7 Å². The average Bonchev–Trinajstić information content (AvgIpc) is 3.15. The molecule has 1 fully saturated rings. The van der Waals surface area contributed by atoms with Gasteiger partial charge in [0.1, 0.15) is 6.10 Å². The summed E-state index contributed by atoms with van der Waals surface area (Å²) < 4.78 is 7.51. The number of nitrogens with zero attached hydrogens (tertiary/aromatic N) is 3. The number of H-pyrrole nitrogens is 1. The van der Waals surface area contributed by atoms with Crippen molar-refractivity contribution in [1.29, 1.82) is 0 Å². The van der Waals surface area contributed by atoms with E-state index < -0.39 is 0 Å². The summed E-state index contributed by atoms with van der Waals surface area (Å²) in [4.78, 5) is 12.3. The summed E-state index contributed by atoms with van der Waals surface area (Å²) in [6.45, 7) is 3.20. The van der Waals surface area contributed by atoms with Crippen LogP contribution in [0.3, 0.4) is 0 Å². The number of ether oxygens (including phenoxy) is 1. The molecule has 0 radical (unpaired) electrons. The van der Waals surface area contributed by atoms with Crippen molar-refractivity contribution < 1.29 is 9.53 Å². The lowest BCUT2D eigenvalue weighted by atomic mass is 9.92. The third-order valence-electron chi connectivity index (χ3n) is 4.03. The van der Waals surface area contributed by atoms with Crippen LogP contribution in [0.15, 0.2) is 18.5 Å². The van der Waals surface area contributed by atoms with E-state index in [2.05, 4.69) is 20.6 Å². The summed E-state index contributed by atoms with van der Waals surface area (Å²) in [6.07, 6.45) is 5.55. The van der Waals surface area contributed by atoms with Gasteiger partial charge in [0.2, 0.25) is 0 Å². The highest BCUT2D eigenvalue weighted by atomic mass is 16.5. The fourth-order valence-corrected chi connectivity index (χ4v) is 2.96. The van der Waals surface area contributed by atoms with Gasteiger partial charge in [0, 0.05) is 44.1 Å². The Kier molecular flexibility index (Phi) is 4.24. The number of hydrogen-bond donors (Lipinski definition) is 2. The maximum atomic E-state index is 12.3. The zero-order chi connectivity index (χ0) is 15.5. The zero-order valence-electron chi connectivity index (χ0n) is 12.9. The summed E-state index contributed by atoms with van der Waals surface area (Å²) in [6, 6.07) is 1.92. The van der Waals surface area contributed by atoms with Crippen LogP contribution in [0, 0.1) is 12.8 Å². The predicted molar refractivity (Wildman–Crippen MR) is 80.3 cm³/mol. The molecule has 0 bridgehead atoms. The van der Waals surface area contributed by atoms with Crippen LogP contribution in [0.5, 0.6) is 0 Å². The van der Waals surface area contributed by atoms with Crippen LogP contribution in [0.25, 0.3) is 0 Å². The standard InChI is InChI=1S/C15H21N5O2/c1-10-9-20(2)19-13(10)15(21)16-8-11-4-3-7-22-14(11)12-5-6-17-18-12/h5-6,9,11,14H,3-4,7-8H2,1-2H3,(H,16,21)(H,17,18)/t11-,14+/m0/s1. The molecule has 0 saturated carbocycles. The number of hydrogen-bond acceptors (Lipinski definition) is 4. The van der Waals surface area contributed by atoms with Crippen LogP contribution >= 0.6 is 0 Å². The molecule has 1 amide bonds. The van der Waals surface area contributed by atoms with Gasteiger partial charge in [-0.2, -0.15) is 10.2 Å². The smallest absolute Gasteiger partial charge is 0.272 e. The lowest BCUT2D eigenvalue weighted by Crippen LogP contribution is -2.35. The second-order valence-electron chi connectivity index (χ2n) is 5.75. The number of aromatic amines is 1. The number of rotatable bonds is 4. The van der Waals surface area contributed by atoms with Crippen LogP contribution in [0.2, 0.25) is 0 Å². The molecule has 1 aliphatic heterocycles. The lowest BCUT2D eigenvalue weighted by Gasteiger charge is -2.31. The Morgan fingerprint density at radius 1 is 1.59 bits per heavy atom. The molecule has 3 rings (SSSR count). The fraction of sp³-hybridized carbons (Fsp3) is 0.533. The maximum Gasteiger partial charge on any atom is 0.272 e. The van der Waals surface area contributed by atoms with Crippen molar-refractivity contribution in [3.05, 3.63) is 35.4 Å². The summed E-state index contributed by atoms with van der Waals surface area (Å²) in [5.74, 6) is 0.106.